The van der Waals surface area contributed by atoms with E-state index in [4.69, 9.17) is 14.7 Å². The number of aromatic nitrogens is 1. The Hall–Kier alpha value is -2.64. The molecule has 0 aliphatic heterocycles. The van der Waals surface area contributed by atoms with Crippen molar-refractivity contribution in [2.45, 2.75) is 18.7 Å². The molecule has 0 unspecified atom stereocenters. The number of fused-ring (bicyclic) bond motifs is 1. The standard InChI is InChI=1S/C11H12N2O.C7H8O3S/c1-2-14-11(12)9-7-13-10-6-4-3-5-8(9)10;1-6-2-4-7(5-3-6)11(8,9)10/h3-7,12-13H,2H2,1H3;2-5H,1H3,(H,8,9,10). The molecule has 0 fully saturated rings. The summed E-state index contributed by atoms with van der Waals surface area (Å²) in [5.74, 6) is 0.227. The molecule has 3 rings (SSSR count). The predicted octanol–water partition coefficient (Wildman–Crippen LogP) is 3.77. The first-order valence-corrected chi connectivity index (χ1v) is 9.09. The van der Waals surface area contributed by atoms with E-state index in [0.717, 1.165) is 22.0 Å². The number of hydrogen-bond donors (Lipinski definition) is 3. The molecule has 0 radical (unpaired) electrons. The number of aryl methyl sites for hydroxylation is 1. The van der Waals surface area contributed by atoms with Gasteiger partial charge in [-0.2, -0.15) is 8.42 Å². The highest BCUT2D eigenvalue weighted by Crippen LogP contribution is 2.18. The Balaban J connectivity index is 0.000000186. The molecule has 3 N–H and O–H groups in total. The van der Waals surface area contributed by atoms with E-state index in [1.165, 1.54) is 12.1 Å². The summed E-state index contributed by atoms with van der Waals surface area (Å²) in [5.41, 5.74) is 2.81. The molecule has 0 aliphatic carbocycles. The van der Waals surface area contributed by atoms with Crippen molar-refractivity contribution in [2.24, 2.45) is 0 Å². The highest BCUT2D eigenvalue weighted by atomic mass is 32.2. The van der Waals surface area contributed by atoms with E-state index < -0.39 is 10.1 Å². The summed E-state index contributed by atoms with van der Waals surface area (Å²) < 4.78 is 34.7. The first-order valence-electron chi connectivity index (χ1n) is 7.65. The molecule has 0 saturated heterocycles. The maximum absolute atomic E-state index is 10.5. The normalized spacial score (nSPS) is 10.8. The van der Waals surface area contributed by atoms with Gasteiger partial charge in [0.15, 0.2) is 0 Å². The van der Waals surface area contributed by atoms with Crippen LogP contribution in [0.25, 0.3) is 10.9 Å². The van der Waals surface area contributed by atoms with Crippen LogP contribution in [0.1, 0.15) is 18.1 Å². The van der Waals surface area contributed by atoms with Crippen molar-refractivity contribution < 1.29 is 17.7 Å². The highest BCUT2D eigenvalue weighted by molar-refractivity contribution is 7.85. The molecule has 0 atom stereocenters. The van der Waals surface area contributed by atoms with Crippen LogP contribution < -0.4 is 0 Å². The average Bonchev–Trinajstić information content (AvgIpc) is 2.99. The molecule has 7 heteroatoms. The first-order chi connectivity index (χ1) is 11.8. The molecule has 0 amide bonds. The Labute approximate surface area is 146 Å². The van der Waals surface area contributed by atoms with E-state index in [1.807, 2.05) is 44.3 Å². The molecular formula is C18H20N2O4S. The van der Waals surface area contributed by atoms with Crippen molar-refractivity contribution in [3.05, 3.63) is 65.9 Å². The summed E-state index contributed by atoms with van der Waals surface area (Å²) in [6.07, 6.45) is 1.81. The lowest BCUT2D eigenvalue weighted by Gasteiger charge is -2.02. The zero-order chi connectivity index (χ0) is 18.4. The van der Waals surface area contributed by atoms with Crippen LogP contribution in [0, 0.1) is 12.3 Å². The summed E-state index contributed by atoms with van der Waals surface area (Å²) >= 11 is 0. The van der Waals surface area contributed by atoms with Gasteiger partial charge in [0.25, 0.3) is 10.1 Å². The molecular weight excluding hydrogens is 340 g/mol. The Morgan fingerprint density at radius 1 is 1.16 bits per heavy atom. The van der Waals surface area contributed by atoms with Gasteiger partial charge in [-0.15, -0.1) is 0 Å². The van der Waals surface area contributed by atoms with Gasteiger partial charge in [0.1, 0.15) is 0 Å². The van der Waals surface area contributed by atoms with Crippen LogP contribution in [0.4, 0.5) is 0 Å². The van der Waals surface area contributed by atoms with Crippen molar-refractivity contribution in [1.29, 1.82) is 5.41 Å². The van der Waals surface area contributed by atoms with Crippen molar-refractivity contribution in [3.8, 4) is 0 Å². The summed E-state index contributed by atoms with van der Waals surface area (Å²) in [5, 5.41) is 8.72. The van der Waals surface area contributed by atoms with E-state index >= 15 is 0 Å². The number of ether oxygens (including phenoxy) is 1. The maximum atomic E-state index is 10.5. The minimum atomic E-state index is -4.02. The highest BCUT2D eigenvalue weighted by Gasteiger charge is 2.08. The van der Waals surface area contributed by atoms with Gasteiger partial charge >= 0.3 is 0 Å². The molecule has 0 saturated carbocycles. The number of benzene rings is 2. The Bertz CT molecular complexity index is 960. The molecule has 1 heterocycles. The molecule has 2 aromatic carbocycles. The number of H-pyrrole nitrogens is 1. The molecule has 0 aliphatic rings. The number of para-hydroxylation sites is 1. The summed E-state index contributed by atoms with van der Waals surface area (Å²) in [7, 11) is -4.02. The quantitative estimate of drug-likeness (QED) is 0.376. The van der Waals surface area contributed by atoms with Crippen molar-refractivity contribution in [2.75, 3.05) is 6.61 Å². The van der Waals surface area contributed by atoms with E-state index in [1.54, 1.807) is 12.1 Å². The number of nitrogens with one attached hydrogen (secondary N) is 2. The summed E-state index contributed by atoms with van der Waals surface area (Å²) in [6, 6.07) is 13.9. The van der Waals surface area contributed by atoms with Gasteiger partial charge in [-0.3, -0.25) is 9.96 Å². The Morgan fingerprint density at radius 2 is 1.80 bits per heavy atom. The second-order valence-corrected chi connectivity index (χ2v) is 6.72. The fraction of sp³-hybridized carbons (Fsp3) is 0.167. The number of hydrogen-bond acceptors (Lipinski definition) is 4. The molecule has 25 heavy (non-hydrogen) atoms. The van der Waals surface area contributed by atoms with Crippen LogP contribution in [-0.4, -0.2) is 30.5 Å². The fourth-order valence-corrected chi connectivity index (χ4v) is 2.67. The lowest BCUT2D eigenvalue weighted by Crippen LogP contribution is -2.03. The third kappa shape index (κ3) is 4.91. The van der Waals surface area contributed by atoms with Crippen LogP contribution in [0.15, 0.2) is 59.6 Å². The van der Waals surface area contributed by atoms with Gasteiger partial charge in [-0.05, 0) is 32.0 Å². The first kappa shape index (κ1) is 18.7. The second-order valence-electron chi connectivity index (χ2n) is 5.30. The largest absolute Gasteiger partial charge is 0.478 e. The number of aromatic amines is 1. The fourth-order valence-electron chi connectivity index (χ4n) is 2.19. The molecule has 0 bridgehead atoms. The average molecular weight is 360 g/mol. The zero-order valence-corrected chi connectivity index (χ0v) is 14.8. The molecule has 0 spiro atoms. The molecule has 1 aromatic heterocycles. The molecule has 6 nitrogen and oxygen atoms in total. The van der Waals surface area contributed by atoms with Gasteiger partial charge < -0.3 is 9.72 Å². The van der Waals surface area contributed by atoms with Gasteiger partial charge in [0, 0.05) is 17.1 Å². The van der Waals surface area contributed by atoms with Crippen molar-refractivity contribution >= 4 is 26.9 Å². The van der Waals surface area contributed by atoms with Crippen LogP contribution >= 0.6 is 0 Å². The van der Waals surface area contributed by atoms with Gasteiger partial charge in [0.05, 0.1) is 17.1 Å². The van der Waals surface area contributed by atoms with Crippen molar-refractivity contribution in [1.82, 2.24) is 4.98 Å². The minimum absolute atomic E-state index is 0.0666. The van der Waals surface area contributed by atoms with E-state index in [9.17, 15) is 8.42 Å². The SMILES string of the molecule is CCOC(=N)c1c[nH]c2ccccc12.Cc1ccc(S(=O)(=O)O)cc1. The van der Waals surface area contributed by atoms with Gasteiger partial charge in [0.2, 0.25) is 5.90 Å². The van der Waals surface area contributed by atoms with E-state index in [0.29, 0.717) is 6.61 Å². The molecule has 132 valence electrons. The lowest BCUT2D eigenvalue weighted by atomic mass is 10.2. The minimum Gasteiger partial charge on any atom is -0.478 e. The van der Waals surface area contributed by atoms with Gasteiger partial charge in [-0.1, -0.05) is 35.9 Å². The van der Waals surface area contributed by atoms with Crippen LogP contribution in [-0.2, 0) is 14.9 Å². The van der Waals surface area contributed by atoms with Crippen LogP contribution in [0.3, 0.4) is 0 Å². The van der Waals surface area contributed by atoms with Crippen molar-refractivity contribution in [3.63, 3.8) is 0 Å². The smallest absolute Gasteiger partial charge is 0.294 e. The molecule has 3 aromatic rings. The van der Waals surface area contributed by atoms with E-state index in [2.05, 4.69) is 4.98 Å². The van der Waals surface area contributed by atoms with Crippen LogP contribution in [0.2, 0.25) is 0 Å². The number of rotatable bonds is 3. The topological polar surface area (TPSA) is 103 Å². The van der Waals surface area contributed by atoms with Gasteiger partial charge in [-0.25, -0.2) is 0 Å². The van der Waals surface area contributed by atoms with Crippen LogP contribution in [0.5, 0.6) is 0 Å². The predicted molar refractivity (Wildman–Crippen MR) is 97.7 cm³/mol. The monoisotopic (exact) mass is 360 g/mol. The third-order valence-corrected chi connectivity index (χ3v) is 4.31. The zero-order valence-electron chi connectivity index (χ0n) is 14.0. The Kier molecular flexibility index (Phi) is 5.95. The third-order valence-electron chi connectivity index (χ3n) is 3.44. The Morgan fingerprint density at radius 3 is 2.40 bits per heavy atom. The lowest BCUT2D eigenvalue weighted by molar-refractivity contribution is 0.326. The second kappa shape index (κ2) is 7.96. The maximum Gasteiger partial charge on any atom is 0.294 e. The summed E-state index contributed by atoms with van der Waals surface area (Å²) in [4.78, 5) is 3.04. The van der Waals surface area contributed by atoms with E-state index in [-0.39, 0.29) is 10.8 Å². The summed E-state index contributed by atoms with van der Waals surface area (Å²) in [6.45, 7) is 4.25.